The number of ether oxygens (including phenoxy) is 1. The fourth-order valence-electron chi connectivity index (χ4n) is 9.50. The second-order valence-electron chi connectivity index (χ2n) is 18.0. The topological polar surface area (TPSA) is 219 Å². The van der Waals surface area contributed by atoms with Crippen molar-refractivity contribution in [2.24, 2.45) is 11.8 Å². The van der Waals surface area contributed by atoms with Crippen LogP contribution in [0.3, 0.4) is 0 Å². The number of carbonyl (C=O) groups excluding carboxylic acids is 3. The highest BCUT2D eigenvalue weighted by Gasteiger charge is 2.39. The van der Waals surface area contributed by atoms with E-state index in [9.17, 15) is 24.3 Å². The van der Waals surface area contributed by atoms with Gasteiger partial charge in [0, 0.05) is 47.7 Å². The van der Waals surface area contributed by atoms with E-state index in [0.717, 1.165) is 87.3 Å². The first-order valence-electron chi connectivity index (χ1n) is 22.8. The number of methoxy groups -OCH3 is 1. The smallest absolute Gasteiger partial charge is 0.407 e. The van der Waals surface area contributed by atoms with Crippen LogP contribution in [0.2, 0.25) is 0 Å². The van der Waals surface area contributed by atoms with Gasteiger partial charge in [-0.15, -0.1) is 0 Å². The van der Waals surface area contributed by atoms with Gasteiger partial charge in [-0.05, 0) is 79.0 Å². The maximum Gasteiger partial charge on any atom is 0.407 e. The summed E-state index contributed by atoms with van der Waals surface area (Å²) in [5.41, 5.74) is 9.18. The molecule has 2 aliphatic rings. The van der Waals surface area contributed by atoms with Gasteiger partial charge in [-0.25, -0.2) is 19.6 Å². The Morgan fingerprint density at radius 1 is 0.687 bits per heavy atom. The molecule has 4 atom stereocenters. The average molecular weight is 906 g/mol. The number of carbonyl (C=O) groups is 4. The van der Waals surface area contributed by atoms with E-state index in [1.165, 1.54) is 7.11 Å². The Hall–Kier alpha value is -7.69. The van der Waals surface area contributed by atoms with Crippen LogP contribution >= 0.6 is 0 Å². The molecular formula is C50H55N11O6. The quantitative estimate of drug-likeness (QED) is 0.0653. The number of amides is 4. The fourth-order valence-corrected chi connectivity index (χ4v) is 9.50. The SMILES string of the molecule is COC(=O)N[C@H](C(=O)N1CCC[C@H]1c1nc(-c2ccc(-c3ccc(-c4ccc(-c5c[nH]c([C@@H]6CCCN6C(=O)[C@@H](NC(=O)O)C(C)C)n5)cc4)n3-c3ccc4cn[nH]c4c3)cc2)c[nH]1)C(C)C. The molecule has 6 N–H and O–H groups in total. The van der Waals surface area contributed by atoms with Crippen LogP contribution in [0.15, 0.2) is 97.5 Å². The zero-order chi connectivity index (χ0) is 46.9. The van der Waals surface area contributed by atoms with E-state index in [1.54, 1.807) is 4.90 Å². The molecule has 0 unspecified atom stereocenters. The minimum atomic E-state index is -1.22. The number of aromatic amines is 3. The number of imidazole rings is 2. The third-order valence-corrected chi connectivity index (χ3v) is 13.0. The van der Waals surface area contributed by atoms with Gasteiger partial charge in [0.15, 0.2) is 0 Å². The lowest BCUT2D eigenvalue weighted by atomic mass is 10.0. The number of hydrogen-bond acceptors (Lipinski definition) is 8. The highest BCUT2D eigenvalue weighted by atomic mass is 16.5. The molecule has 0 saturated carbocycles. The summed E-state index contributed by atoms with van der Waals surface area (Å²) < 4.78 is 7.03. The van der Waals surface area contributed by atoms with Gasteiger partial charge in [-0.2, -0.15) is 5.10 Å². The molecule has 2 fully saturated rings. The molecule has 9 rings (SSSR count). The first-order chi connectivity index (χ1) is 32.4. The Morgan fingerprint density at radius 3 is 1.66 bits per heavy atom. The monoisotopic (exact) mass is 905 g/mol. The van der Waals surface area contributed by atoms with Crippen molar-refractivity contribution in [1.82, 2.24) is 55.1 Å². The molecule has 2 aliphatic heterocycles. The van der Waals surface area contributed by atoms with Crippen LogP contribution in [-0.4, -0.2) is 106 Å². The van der Waals surface area contributed by atoms with Gasteiger partial charge in [0.1, 0.15) is 23.7 Å². The van der Waals surface area contributed by atoms with Crippen molar-refractivity contribution in [3.05, 3.63) is 109 Å². The van der Waals surface area contributed by atoms with Crippen molar-refractivity contribution >= 4 is 34.9 Å². The Morgan fingerprint density at radius 2 is 1.18 bits per heavy atom. The van der Waals surface area contributed by atoms with Gasteiger partial charge < -0.3 is 44.8 Å². The largest absolute Gasteiger partial charge is 0.465 e. The summed E-state index contributed by atoms with van der Waals surface area (Å²) in [6.07, 6.45) is 6.80. The summed E-state index contributed by atoms with van der Waals surface area (Å²) in [5.74, 6) is 0.653. The first kappa shape index (κ1) is 44.5. The van der Waals surface area contributed by atoms with Crippen molar-refractivity contribution in [1.29, 1.82) is 0 Å². The van der Waals surface area contributed by atoms with Gasteiger partial charge >= 0.3 is 12.2 Å². The van der Waals surface area contributed by atoms with E-state index < -0.39 is 24.3 Å². The second-order valence-corrected chi connectivity index (χ2v) is 18.0. The lowest BCUT2D eigenvalue weighted by Gasteiger charge is -2.29. The van der Waals surface area contributed by atoms with E-state index in [1.807, 2.05) is 63.3 Å². The molecule has 3 aromatic carbocycles. The Kier molecular flexibility index (Phi) is 12.4. The number of aromatic nitrogens is 7. The molecule has 0 radical (unpaired) electrons. The standard InChI is InChI=1S/C50H55N11O6/c1-28(2)43(56-49(64)65)47(62)59-22-6-8-41(59)45-51-26-37(54-45)30-10-14-32(15-11-30)39-20-21-40(61(39)35-19-18-34-25-53-58-36(34)24-35)33-16-12-31(13-17-33)38-27-52-46(55-38)42-9-7-23-60(42)48(63)44(29(3)4)57-50(66)67-5/h10-21,24-29,41-44,56H,6-9,22-23H2,1-5H3,(H,51,54)(H,52,55)(H,53,58)(H,57,66)(H,64,65)/t41-,42-,43-,44-/m0/s1. The zero-order valence-corrected chi connectivity index (χ0v) is 38.1. The summed E-state index contributed by atoms with van der Waals surface area (Å²) in [6, 6.07) is 25.0. The molecule has 17 nitrogen and oxygen atoms in total. The molecule has 4 aromatic heterocycles. The number of carboxylic acid groups (broad SMARTS) is 1. The van der Waals surface area contributed by atoms with Crippen molar-refractivity contribution < 1.29 is 29.0 Å². The van der Waals surface area contributed by atoms with Crippen LogP contribution in [0, 0.1) is 11.8 Å². The Bertz CT molecular complexity index is 2910. The van der Waals surface area contributed by atoms with Crippen molar-refractivity contribution in [2.75, 3.05) is 20.2 Å². The highest BCUT2D eigenvalue weighted by molar-refractivity contribution is 5.87. The van der Waals surface area contributed by atoms with Crippen molar-refractivity contribution in [2.45, 2.75) is 77.5 Å². The van der Waals surface area contributed by atoms with Gasteiger partial charge in [0.2, 0.25) is 11.8 Å². The molecule has 67 heavy (non-hydrogen) atoms. The van der Waals surface area contributed by atoms with Crippen LogP contribution in [0.1, 0.15) is 77.1 Å². The Balaban J connectivity index is 0.966. The molecule has 7 aromatic rings. The lowest BCUT2D eigenvalue weighted by Crippen LogP contribution is -2.51. The van der Waals surface area contributed by atoms with Crippen LogP contribution in [0.4, 0.5) is 9.59 Å². The lowest BCUT2D eigenvalue weighted by molar-refractivity contribution is -0.136. The normalized spacial score (nSPS) is 17.1. The molecular weight excluding hydrogens is 851 g/mol. The predicted molar refractivity (Wildman–Crippen MR) is 253 cm³/mol. The average Bonchev–Trinajstić information content (AvgIpc) is 4.19. The molecule has 0 aliphatic carbocycles. The summed E-state index contributed by atoms with van der Waals surface area (Å²) in [4.78, 5) is 70.9. The number of fused-ring (bicyclic) bond motifs is 1. The van der Waals surface area contributed by atoms with Crippen LogP contribution in [0.25, 0.3) is 61.6 Å². The number of likely N-dealkylation sites (tertiary alicyclic amines) is 2. The molecule has 4 amide bonds. The Labute approximate surface area is 387 Å². The van der Waals surface area contributed by atoms with Gasteiger partial charge in [0.05, 0.1) is 53.7 Å². The highest BCUT2D eigenvalue weighted by Crippen LogP contribution is 2.38. The van der Waals surface area contributed by atoms with Crippen molar-refractivity contribution in [3.63, 3.8) is 0 Å². The third kappa shape index (κ3) is 8.88. The van der Waals surface area contributed by atoms with E-state index in [0.29, 0.717) is 24.7 Å². The van der Waals surface area contributed by atoms with E-state index in [-0.39, 0.29) is 35.7 Å². The van der Waals surface area contributed by atoms with E-state index >= 15 is 0 Å². The number of rotatable bonds is 13. The van der Waals surface area contributed by atoms with Crippen LogP contribution in [-0.2, 0) is 14.3 Å². The number of hydrogen-bond donors (Lipinski definition) is 6. The molecule has 17 heteroatoms. The number of nitrogens with zero attached hydrogens (tertiary/aromatic N) is 6. The second kappa shape index (κ2) is 18.7. The summed E-state index contributed by atoms with van der Waals surface area (Å²) in [7, 11) is 1.29. The number of alkyl carbamates (subject to hydrolysis) is 1. The minimum Gasteiger partial charge on any atom is -0.465 e. The third-order valence-electron chi connectivity index (χ3n) is 13.0. The summed E-state index contributed by atoms with van der Waals surface area (Å²) in [6.45, 7) is 8.58. The van der Waals surface area contributed by atoms with E-state index in [4.69, 9.17) is 14.7 Å². The van der Waals surface area contributed by atoms with E-state index in [2.05, 4.69) is 102 Å². The fraction of sp³-hybridized carbons (Fsp3) is 0.340. The maximum absolute atomic E-state index is 13.7. The molecule has 6 heterocycles. The minimum absolute atomic E-state index is 0.126. The van der Waals surface area contributed by atoms with Crippen LogP contribution < -0.4 is 10.6 Å². The first-order valence-corrected chi connectivity index (χ1v) is 22.8. The molecule has 346 valence electrons. The summed E-state index contributed by atoms with van der Waals surface area (Å²) >= 11 is 0. The molecule has 2 saturated heterocycles. The number of nitrogens with one attached hydrogen (secondary N) is 5. The predicted octanol–water partition coefficient (Wildman–Crippen LogP) is 8.47. The zero-order valence-electron chi connectivity index (χ0n) is 38.1. The van der Waals surface area contributed by atoms with Gasteiger partial charge in [-0.3, -0.25) is 14.7 Å². The van der Waals surface area contributed by atoms with Gasteiger partial charge in [0.25, 0.3) is 0 Å². The molecule has 0 bridgehead atoms. The van der Waals surface area contributed by atoms with Crippen LogP contribution in [0.5, 0.6) is 0 Å². The maximum atomic E-state index is 13.7. The summed E-state index contributed by atoms with van der Waals surface area (Å²) in [5, 5.41) is 22.9. The number of benzene rings is 3. The van der Waals surface area contributed by atoms with Crippen molar-refractivity contribution in [3.8, 4) is 50.7 Å². The van der Waals surface area contributed by atoms with Gasteiger partial charge in [-0.1, -0.05) is 76.2 Å². The number of H-pyrrole nitrogens is 3. The molecule has 0 spiro atoms.